The lowest BCUT2D eigenvalue weighted by Gasteiger charge is -2.25. The van der Waals surface area contributed by atoms with Crippen molar-refractivity contribution < 1.29 is 23.8 Å². The Balaban J connectivity index is 1.79. The van der Waals surface area contributed by atoms with Crippen molar-refractivity contribution in [3.05, 3.63) is 94.4 Å². The molecular formula is C30H33NO5. The van der Waals surface area contributed by atoms with Crippen molar-refractivity contribution in [2.24, 2.45) is 5.92 Å². The number of aliphatic hydroxyl groups is 1. The Morgan fingerprint density at radius 1 is 1.06 bits per heavy atom. The third-order valence-electron chi connectivity index (χ3n) is 6.39. The largest absolute Gasteiger partial charge is 0.507 e. The minimum Gasteiger partial charge on any atom is -0.507 e. The van der Waals surface area contributed by atoms with Gasteiger partial charge in [0.2, 0.25) is 0 Å². The molecule has 2 aromatic carbocycles. The fourth-order valence-electron chi connectivity index (χ4n) is 4.39. The Kier molecular flexibility index (Phi) is 7.34. The van der Waals surface area contributed by atoms with Crippen LogP contribution in [-0.4, -0.2) is 28.3 Å². The number of carbonyl (C=O) groups excluding carboxylic acids is 2. The summed E-state index contributed by atoms with van der Waals surface area (Å²) in [4.78, 5) is 27.9. The molecule has 1 aliphatic heterocycles. The van der Waals surface area contributed by atoms with E-state index in [1.807, 2.05) is 31.2 Å². The van der Waals surface area contributed by atoms with Gasteiger partial charge in [0.1, 0.15) is 17.3 Å². The van der Waals surface area contributed by atoms with E-state index in [0.29, 0.717) is 29.8 Å². The van der Waals surface area contributed by atoms with Gasteiger partial charge < -0.3 is 19.2 Å². The molecular weight excluding hydrogens is 454 g/mol. The molecule has 6 nitrogen and oxygen atoms in total. The van der Waals surface area contributed by atoms with Crippen LogP contribution in [0.2, 0.25) is 0 Å². The molecule has 6 heteroatoms. The number of hydrogen-bond acceptors (Lipinski definition) is 5. The molecule has 0 radical (unpaired) electrons. The number of rotatable bonds is 8. The van der Waals surface area contributed by atoms with Crippen LogP contribution >= 0.6 is 0 Å². The van der Waals surface area contributed by atoms with Crippen molar-refractivity contribution in [1.29, 1.82) is 0 Å². The van der Waals surface area contributed by atoms with Crippen LogP contribution in [0.25, 0.3) is 5.76 Å². The highest BCUT2D eigenvalue weighted by molar-refractivity contribution is 6.46. The van der Waals surface area contributed by atoms with Gasteiger partial charge >= 0.3 is 0 Å². The van der Waals surface area contributed by atoms with Gasteiger partial charge in [-0.05, 0) is 65.8 Å². The number of aliphatic hydroxyl groups excluding tert-OH is 1. The molecule has 188 valence electrons. The van der Waals surface area contributed by atoms with E-state index in [-0.39, 0.29) is 17.9 Å². The predicted octanol–water partition coefficient (Wildman–Crippen LogP) is 6.37. The molecule has 0 aliphatic carbocycles. The molecule has 1 fully saturated rings. The van der Waals surface area contributed by atoms with Gasteiger partial charge in [0.05, 0.1) is 31.0 Å². The number of ether oxygens (including phenoxy) is 1. The topological polar surface area (TPSA) is 80.0 Å². The van der Waals surface area contributed by atoms with Gasteiger partial charge in [0, 0.05) is 5.56 Å². The van der Waals surface area contributed by atoms with Crippen molar-refractivity contribution in [1.82, 2.24) is 4.90 Å². The average Bonchev–Trinajstić information content (AvgIpc) is 3.45. The van der Waals surface area contributed by atoms with Crippen molar-refractivity contribution in [2.45, 2.75) is 53.1 Å². The van der Waals surface area contributed by atoms with Crippen molar-refractivity contribution >= 4 is 17.4 Å². The molecule has 0 bridgehead atoms. The van der Waals surface area contributed by atoms with Crippen molar-refractivity contribution in [3.8, 4) is 5.75 Å². The maximum absolute atomic E-state index is 13.3. The van der Waals surface area contributed by atoms with Crippen LogP contribution in [0.4, 0.5) is 0 Å². The second-order valence-corrected chi connectivity index (χ2v) is 10.0. The van der Waals surface area contributed by atoms with Crippen molar-refractivity contribution in [2.75, 3.05) is 6.61 Å². The second kappa shape index (κ2) is 10.4. The number of amides is 1. The number of benzene rings is 2. The van der Waals surface area contributed by atoms with Gasteiger partial charge in [-0.2, -0.15) is 0 Å². The van der Waals surface area contributed by atoms with E-state index in [4.69, 9.17) is 9.15 Å². The second-order valence-electron chi connectivity index (χ2n) is 10.0. The summed E-state index contributed by atoms with van der Waals surface area (Å²) in [5, 5.41) is 11.4. The minimum absolute atomic E-state index is 0.0686. The van der Waals surface area contributed by atoms with E-state index in [9.17, 15) is 14.7 Å². The number of hydrogen-bond donors (Lipinski definition) is 1. The molecule has 0 spiro atoms. The van der Waals surface area contributed by atoms with Gasteiger partial charge in [-0.3, -0.25) is 9.59 Å². The number of furan rings is 1. The molecule has 4 rings (SSSR count). The Morgan fingerprint density at radius 3 is 2.36 bits per heavy atom. The highest BCUT2D eigenvalue weighted by Crippen LogP contribution is 2.41. The highest BCUT2D eigenvalue weighted by atomic mass is 16.5. The summed E-state index contributed by atoms with van der Waals surface area (Å²) in [6.45, 7) is 11.0. The summed E-state index contributed by atoms with van der Waals surface area (Å²) in [6.07, 6.45) is 1.53. The predicted molar refractivity (Wildman–Crippen MR) is 139 cm³/mol. The first kappa shape index (κ1) is 25.3. The highest BCUT2D eigenvalue weighted by Gasteiger charge is 2.46. The van der Waals surface area contributed by atoms with E-state index in [1.165, 1.54) is 11.2 Å². The molecule has 1 unspecified atom stereocenters. The fourth-order valence-corrected chi connectivity index (χ4v) is 4.39. The first-order chi connectivity index (χ1) is 17.2. The monoisotopic (exact) mass is 487 g/mol. The standard InChI is InChI=1S/C30H33NO5/c1-18(2)17-36-25-13-12-23(15-20(25)5)28(32)26-27(22-10-8-21(9-11-22)19(3)4)31(30(34)29(26)33)16-24-7-6-14-35-24/h6-15,18-19,27,32H,16-17H2,1-5H3/b28-26-. The van der Waals surface area contributed by atoms with Gasteiger partial charge in [0.25, 0.3) is 11.7 Å². The Bertz CT molecular complexity index is 1270. The fraction of sp³-hybridized carbons (Fsp3) is 0.333. The zero-order valence-electron chi connectivity index (χ0n) is 21.4. The molecule has 2 heterocycles. The summed E-state index contributed by atoms with van der Waals surface area (Å²) in [7, 11) is 0. The average molecular weight is 488 g/mol. The van der Waals surface area contributed by atoms with Crippen LogP contribution in [-0.2, 0) is 16.1 Å². The molecule has 0 saturated carbocycles. The zero-order chi connectivity index (χ0) is 26.0. The van der Waals surface area contributed by atoms with E-state index in [2.05, 4.69) is 27.7 Å². The van der Waals surface area contributed by atoms with Crippen LogP contribution in [0, 0.1) is 12.8 Å². The summed E-state index contributed by atoms with van der Waals surface area (Å²) < 4.78 is 11.3. The summed E-state index contributed by atoms with van der Waals surface area (Å²) in [5.41, 5.74) is 3.26. The lowest BCUT2D eigenvalue weighted by molar-refractivity contribution is -0.140. The molecule has 1 aromatic heterocycles. The van der Waals surface area contributed by atoms with Crippen LogP contribution in [0.3, 0.4) is 0 Å². The van der Waals surface area contributed by atoms with Crippen molar-refractivity contribution in [3.63, 3.8) is 0 Å². The first-order valence-electron chi connectivity index (χ1n) is 12.3. The SMILES string of the molecule is Cc1cc(/C(O)=C2/C(=O)C(=O)N(Cc3ccco3)C2c2ccc(C(C)C)cc2)ccc1OCC(C)C. The van der Waals surface area contributed by atoms with E-state index in [0.717, 1.165) is 22.4 Å². The van der Waals surface area contributed by atoms with Gasteiger partial charge in [0.15, 0.2) is 0 Å². The molecule has 1 N–H and O–H groups in total. The summed E-state index contributed by atoms with van der Waals surface area (Å²) in [6, 6.07) is 15.9. The lowest BCUT2D eigenvalue weighted by atomic mass is 9.93. The van der Waals surface area contributed by atoms with Crippen LogP contribution < -0.4 is 4.74 Å². The molecule has 1 atom stereocenters. The molecule has 36 heavy (non-hydrogen) atoms. The maximum Gasteiger partial charge on any atom is 0.296 e. The Labute approximate surface area is 212 Å². The third kappa shape index (κ3) is 5.08. The quantitative estimate of drug-likeness (QED) is 0.227. The first-order valence-corrected chi connectivity index (χ1v) is 12.3. The molecule has 1 saturated heterocycles. The maximum atomic E-state index is 13.3. The van der Waals surface area contributed by atoms with E-state index in [1.54, 1.807) is 30.3 Å². The Hall–Kier alpha value is -3.80. The zero-order valence-corrected chi connectivity index (χ0v) is 21.4. The summed E-state index contributed by atoms with van der Waals surface area (Å²) in [5.74, 6) is 0.418. The van der Waals surface area contributed by atoms with Gasteiger partial charge in [-0.15, -0.1) is 0 Å². The number of ketones is 1. The lowest BCUT2D eigenvalue weighted by Crippen LogP contribution is -2.29. The number of Topliss-reactive ketones (excluding diaryl/α,β-unsaturated/α-hetero) is 1. The van der Waals surface area contributed by atoms with E-state index >= 15 is 0 Å². The molecule has 1 amide bonds. The normalized spacial score (nSPS) is 17.4. The summed E-state index contributed by atoms with van der Waals surface area (Å²) >= 11 is 0. The van der Waals surface area contributed by atoms with Crippen LogP contribution in [0.5, 0.6) is 5.75 Å². The smallest absolute Gasteiger partial charge is 0.296 e. The number of carbonyl (C=O) groups is 2. The molecule has 3 aromatic rings. The van der Waals surface area contributed by atoms with Crippen LogP contribution in [0.15, 0.2) is 70.9 Å². The van der Waals surface area contributed by atoms with Gasteiger partial charge in [-0.1, -0.05) is 52.0 Å². The van der Waals surface area contributed by atoms with Crippen LogP contribution in [0.1, 0.15) is 67.7 Å². The third-order valence-corrected chi connectivity index (χ3v) is 6.39. The minimum atomic E-state index is -0.742. The van der Waals surface area contributed by atoms with E-state index < -0.39 is 17.7 Å². The number of nitrogens with zero attached hydrogens (tertiary/aromatic N) is 1. The number of aryl methyl sites for hydroxylation is 1. The van der Waals surface area contributed by atoms with Gasteiger partial charge in [-0.25, -0.2) is 0 Å². The Morgan fingerprint density at radius 2 is 1.78 bits per heavy atom. The molecule has 1 aliphatic rings. The number of likely N-dealkylation sites (tertiary alicyclic amines) is 1.